The molecule has 0 aliphatic carbocycles. The maximum absolute atomic E-state index is 13.3. The van der Waals surface area contributed by atoms with E-state index in [4.69, 9.17) is 4.74 Å². The lowest BCUT2D eigenvalue weighted by Gasteiger charge is -2.08. The van der Waals surface area contributed by atoms with Gasteiger partial charge in [0.15, 0.2) is 5.82 Å². The topological polar surface area (TPSA) is 81.9 Å². The molecule has 0 unspecified atom stereocenters. The first-order valence-electron chi connectivity index (χ1n) is 9.20. The zero-order valence-corrected chi connectivity index (χ0v) is 16.3. The predicted molar refractivity (Wildman–Crippen MR) is 109 cm³/mol. The van der Waals surface area contributed by atoms with E-state index in [2.05, 4.69) is 20.6 Å². The van der Waals surface area contributed by atoms with E-state index >= 15 is 0 Å². The highest BCUT2D eigenvalue weighted by Gasteiger charge is 2.09. The number of amides is 1. The smallest absolute Gasteiger partial charge is 0.255 e. The fourth-order valence-corrected chi connectivity index (χ4v) is 2.90. The molecule has 2 aromatic heterocycles. The van der Waals surface area contributed by atoms with Crippen LogP contribution in [-0.4, -0.2) is 25.9 Å². The monoisotopic (exact) mass is 403 g/mol. The Bertz CT molecular complexity index is 1190. The van der Waals surface area contributed by atoms with Gasteiger partial charge in [0.25, 0.3) is 5.91 Å². The van der Waals surface area contributed by atoms with Gasteiger partial charge >= 0.3 is 0 Å². The van der Waals surface area contributed by atoms with Crippen LogP contribution in [0.4, 0.5) is 10.1 Å². The van der Waals surface area contributed by atoms with Crippen LogP contribution in [0.25, 0.3) is 5.82 Å². The van der Waals surface area contributed by atoms with Gasteiger partial charge in [-0.25, -0.2) is 9.07 Å². The summed E-state index contributed by atoms with van der Waals surface area (Å²) in [6.45, 7) is 3.86. The SMILES string of the molecule is Cc1cc(C)n(-c2ccc(Oc3ccc(NC(=O)c4cccc(F)c4)cc3)nn2)n1. The summed E-state index contributed by atoms with van der Waals surface area (Å²) in [5, 5.41) is 15.3. The number of anilines is 1. The van der Waals surface area contributed by atoms with Crippen molar-refractivity contribution < 1.29 is 13.9 Å². The lowest BCUT2D eigenvalue weighted by molar-refractivity contribution is 0.102. The first kappa shape index (κ1) is 19.3. The normalized spacial score (nSPS) is 10.6. The van der Waals surface area contributed by atoms with Crippen LogP contribution >= 0.6 is 0 Å². The molecule has 7 nitrogen and oxygen atoms in total. The Morgan fingerprint density at radius 1 is 1.00 bits per heavy atom. The van der Waals surface area contributed by atoms with Crippen molar-refractivity contribution in [2.75, 3.05) is 5.32 Å². The lowest BCUT2D eigenvalue weighted by atomic mass is 10.2. The third-order valence-corrected chi connectivity index (χ3v) is 4.27. The Balaban J connectivity index is 1.41. The molecular weight excluding hydrogens is 385 g/mol. The number of halogens is 1. The quantitative estimate of drug-likeness (QED) is 0.532. The Labute approximate surface area is 172 Å². The number of hydrogen-bond donors (Lipinski definition) is 1. The predicted octanol–water partition coefficient (Wildman–Crippen LogP) is 4.46. The average molecular weight is 403 g/mol. The minimum Gasteiger partial charge on any atom is -0.438 e. The molecule has 0 saturated heterocycles. The number of carbonyl (C=O) groups excluding carboxylic acids is 1. The summed E-state index contributed by atoms with van der Waals surface area (Å²) in [7, 11) is 0. The number of nitrogens with one attached hydrogen (secondary N) is 1. The van der Waals surface area contributed by atoms with Crippen molar-refractivity contribution in [3.05, 3.63) is 89.5 Å². The second kappa shape index (κ2) is 8.12. The largest absolute Gasteiger partial charge is 0.438 e. The van der Waals surface area contributed by atoms with Crippen LogP contribution in [0.1, 0.15) is 21.7 Å². The third kappa shape index (κ3) is 4.33. The van der Waals surface area contributed by atoms with Gasteiger partial charge in [0, 0.05) is 23.0 Å². The summed E-state index contributed by atoms with van der Waals surface area (Å²) in [5.41, 5.74) is 2.67. The van der Waals surface area contributed by atoms with E-state index in [1.807, 2.05) is 19.9 Å². The van der Waals surface area contributed by atoms with Gasteiger partial charge in [-0.2, -0.15) is 5.10 Å². The molecule has 4 rings (SSSR count). The van der Waals surface area contributed by atoms with Crippen molar-refractivity contribution in [3.8, 4) is 17.4 Å². The van der Waals surface area contributed by atoms with Gasteiger partial charge in [-0.1, -0.05) is 6.07 Å². The number of benzene rings is 2. The molecule has 0 spiro atoms. The zero-order chi connectivity index (χ0) is 21.1. The summed E-state index contributed by atoms with van der Waals surface area (Å²) in [6, 6.07) is 17.7. The number of carbonyl (C=O) groups is 1. The molecule has 0 aliphatic rings. The van der Waals surface area contributed by atoms with Gasteiger partial charge in [-0.15, -0.1) is 10.2 Å². The number of aryl methyl sites for hydroxylation is 2. The van der Waals surface area contributed by atoms with Gasteiger partial charge in [-0.3, -0.25) is 4.79 Å². The number of ether oxygens (including phenoxy) is 1. The molecular formula is C22H18FN5O2. The summed E-state index contributed by atoms with van der Waals surface area (Å²) in [5.74, 6) is 0.609. The number of aromatic nitrogens is 4. The Morgan fingerprint density at radius 3 is 2.43 bits per heavy atom. The molecule has 4 aromatic rings. The average Bonchev–Trinajstić information content (AvgIpc) is 3.08. The van der Waals surface area contributed by atoms with Gasteiger partial charge in [-0.05, 0) is 68.4 Å². The molecule has 0 atom stereocenters. The van der Waals surface area contributed by atoms with E-state index in [0.717, 1.165) is 11.4 Å². The Morgan fingerprint density at radius 2 is 1.80 bits per heavy atom. The second-order valence-corrected chi connectivity index (χ2v) is 6.66. The number of rotatable bonds is 5. The number of hydrogen-bond acceptors (Lipinski definition) is 5. The van der Waals surface area contributed by atoms with Crippen LogP contribution in [0.15, 0.2) is 66.7 Å². The molecule has 0 aliphatic heterocycles. The molecule has 2 aromatic carbocycles. The molecule has 1 N–H and O–H groups in total. The molecule has 0 fully saturated rings. The maximum atomic E-state index is 13.3. The number of nitrogens with zero attached hydrogens (tertiary/aromatic N) is 4. The van der Waals surface area contributed by atoms with Crippen molar-refractivity contribution in [1.82, 2.24) is 20.0 Å². The zero-order valence-electron chi connectivity index (χ0n) is 16.3. The van der Waals surface area contributed by atoms with Crippen LogP contribution < -0.4 is 10.1 Å². The molecule has 2 heterocycles. The van der Waals surface area contributed by atoms with Crippen molar-refractivity contribution in [3.63, 3.8) is 0 Å². The highest BCUT2D eigenvalue weighted by Crippen LogP contribution is 2.22. The van der Waals surface area contributed by atoms with Gasteiger partial charge in [0.2, 0.25) is 5.88 Å². The van der Waals surface area contributed by atoms with E-state index in [0.29, 0.717) is 23.1 Å². The van der Waals surface area contributed by atoms with E-state index in [1.165, 1.54) is 18.2 Å². The molecule has 8 heteroatoms. The van der Waals surface area contributed by atoms with Crippen LogP contribution in [0, 0.1) is 19.7 Å². The fraction of sp³-hybridized carbons (Fsp3) is 0.0909. The van der Waals surface area contributed by atoms with Crippen molar-refractivity contribution in [2.24, 2.45) is 0 Å². The van der Waals surface area contributed by atoms with Crippen LogP contribution in [0.2, 0.25) is 0 Å². The van der Waals surface area contributed by atoms with E-state index in [-0.39, 0.29) is 5.56 Å². The molecule has 0 bridgehead atoms. The van der Waals surface area contributed by atoms with E-state index in [9.17, 15) is 9.18 Å². The van der Waals surface area contributed by atoms with Crippen LogP contribution in [0.3, 0.4) is 0 Å². The Kier molecular flexibility index (Phi) is 5.21. The van der Waals surface area contributed by atoms with E-state index in [1.54, 1.807) is 47.1 Å². The summed E-state index contributed by atoms with van der Waals surface area (Å²) >= 11 is 0. The first-order chi connectivity index (χ1) is 14.5. The standard InChI is InChI=1S/C22H18FN5O2/c1-14-12-15(2)28(27-14)20-10-11-21(26-25-20)30-19-8-6-18(7-9-19)24-22(29)16-4-3-5-17(23)13-16/h3-13H,1-2H3,(H,24,29). The molecule has 30 heavy (non-hydrogen) atoms. The minimum atomic E-state index is -0.462. The van der Waals surface area contributed by atoms with Crippen LogP contribution in [0.5, 0.6) is 11.6 Å². The molecule has 0 saturated carbocycles. The van der Waals surface area contributed by atoms with Gasteiger partial charge in [0.1, 0.15) is 11.6 Å². The van der Waals surface area contributed by atoms with Crippen molar-refractivity contribution in [2.45, 2.75) is 13.8 Å². The van der Waals surface area contributed by atoms with Crippen molar-refractivity contribution in [1.29, 1.82) is 0 Å². The van der Waals surface area contributed by atoms with Crippen LogP contribution in [-0.2, 0) is 0 Å². The highest BCUT2D eigenvalue weighted by molar-refractivity contribution is 6.04. The highest BCUT2D eigenvalue weighted by atomic mass is 19.1. The lowest BCUT2D eigenvalue weighted by Crippen LogP contribution is -2.11. The summed E-state index contributed by atoms with van der Waals surface area (Å²) in [6.07, 6.45) is 0. The molecule has 150 valence electrons. The molecule has 1 amide bonds. The van der Waals surface area contributed by atoms with E-state index < -0.39 is 11.7 Å². The first-order valence-corrected chi connectivity index (χ1v) is 9.20. The fourth-order valence-electron chi connectivity index (χ4n) is 2.90. The van der Waals surface area contributed by atoms with Gasteiger partial charge in [0.05, 0.1) is 5.69 Å². The maximum Gasteiger partial charge on any atom is 0.255 e. The summed E-state index contributed by atoms with van der Waals surface area (Å²) < 4.78 is 20.7. The second-order valence-electron chi connectivity index (χ2n) is 6.66. The molecule has 0 radical (unpaired) electrons. The summed E-state index contributed by atoms with van der Waals surface area (Å²) in [4.78, 5) is 12.2. The third-order valence-electron chi connectivity index (χ3n) is 4.27. The Hall–Kier alpha value is -4.07. The van der Waals surface area contributed by atoms with Crippen molar-refractivity contribution >= 4 is 11.6 Å². The minimum absolute atomic E-state index is 0.244. The van der Waals surface area contributed by atoms with Gasteiger partial charge < -0.3 is 10.1 Å².